The normalized spacial score (nSPS) is 21.6. The molecule has 6 aliphatic carbocycles. The molecule has 0 heterocycles. The summed E-state index contributed by atoms with van der Waals surface area (Å²) in [6, 6.07) is 37.1. The molecule has 0 aliphatic heterocycles. The summed E-state index contributed by atoms with van der Waals surface area (Å²) in [6.07, 6.45) is 20.8. The Bertz CT molecular complexity index is 3020. The number of Topliss-reactive ketones (excluding diaryl/α,β-unsaturated/α-hetero) is 1. The van der Waals surface area contributed by atoms with Crippen LogP contribution >= 0.6 is 11.8 Å². The molecule has 12 rings (SSSR count). The largest absolute Gasteiger partial charge is 0.762 e. The number of fused-ring (bicyclic) bond motifs is 6. The van der Waals surface area contributed by atoms with Crippen LogP contribution in [0.15, 0.2) is 109 Å². The molecule has 3 spiro atoms. The van der Waals surface area contributed by atoms with Crippen LogP contribution in [0.3, 0.4) is 0 Å². The van der Waals surface area contributed by atoms with Gasteiger partial charge in [0.05, 0.1) is 28.4 Å². The minimum atomic E-state index is -3.67. The number of aromatic hydroxyl groups is 2. The molecule has 2 N–H and O–H groups in total. The van der Waals surface area contributed by atoms with Crippen LogP contribution in [0, 0.1) is 16.2 Å². The number of methoxy groups -OCH3 is 4. The molecule has 0 saturated carbocycles. The number of carbonyl (C=O) groups is 1. The van der Waals surface area contributed by atoms with Gasteiger partial charge in [-0.05, 0) is 246 Å². The Kier molecular flexibility index (Phi) is 19.8. The molecular formula is C66H80BF3O7S. The Morgan fingerprint density at radius 3 is 1.31 bits per heavy atom. The quantitative estimate of drug-likeness (QED) is 0.131. The van der Waals surface area contributed by atoms with Gasteiger partial charge >= 0.3 is 7.54 Å². The topological polar surface area (TPSA) is 94.5 Å². The van der Waals surface area contributed by atoms with Crippen molar-refractivity contribution in [1.29, 1.82) is 0 Å². The highest BCUT2D eigenvalue weighted by Gasteiger charge is 2.51. The lowest BCUT2D eigenvalue weighted by Crippen LogP contribution is -2.28. The van der Waals surface area contributed by atoms with Gasteiger partial charge < -0.3 is 29.2 Å². The monoisotopic (exact) mass is 1080 g/mol. The van der Waals surface area contributed by atoms with Gasteiger partial charge in [-0.15, -0.1) is 0 Å². The van der Waals surface area contributed by atoms with E-state index in [-0.39, 0.29) is 24.0 Å². The zero-order valence-electron chi connectivity index (χ0n) is 46.2. The van der Waals surface area contributed by atoms with Crippen LogP contribution in [0.5, 0.6) is 34.5 Å². The molecule has 5 atom stereocenters. The number of ether oxygens (including phenoxy) is 4. The summed E-state index contributed by atoms with van der Waals surface area (Å²) in [5, 5.41) is 19.7. The van der Waals surface area contributed by atoms with Crippen molar-refractivity contribution in [3.63, 3.8) is 0 Å². The summed E-state index contributed by atoms with van der Waals surface area (Å²) in [5.41, 5.74) is 16.3. The summed E-state index contributed by atoms with van der Waals surface area (Å²) in [6.45, 7) is 4.55. The van der Waals surface area contributed by atoms with E-state index < -0.39 is 7.54 Å². The van der Waals surface area contributed by atoms with E-state index in [0.29, 0.717) is 28.7 Å². The van der Waals surface area contributed by atoms with E-state index in [1.54, 1.807) is 45.8 Å². The fraction of sp³-hybridized carbons (Fsp3) is 0.439. The van der Waals surface area contributed by atoms with Gasteiger partial charge in [0.2, 0.25) is 0 Å². The highest BCUT2D eigenvalue weighted by Crippen LogP contribution is 2.59. The third kappa shape index (κ3) is 12.5. The van der Waals surface area contributed by atoms with Crippen LogP contribution in [0.25, 0.3) is 0 Å². The molecule has 78 heavy (non-hydrogen) atoms. The van der Waals surface area contributed by atoms with Gasteiger partial charge in [0.1, 0.15) is 34.5 Å². The van der Waals surface area contributed by atoms with Crippen molar-refractivity contribution in [1.82, 2.24) is 0 Å². The van der Waals surface area contributed by atoms with Crippen LogP contribution in [-0.2, 0) is 57.8 Å². The predicted molar refractivity (Wildman–Crippen MR) is 313 cm³/mol. The van der Waals surface area contributed by atoms with E-state index in [4.69, 9.17) is 18.9 Å². The first kappa shape index (κ1) is 59.7. The summed E-state index contributed by atoms with van der Waals surface area (Å²) >= 11 is 1.75. The summed E-state index contributed by atoms with van der Waals surface area (Å²) in [4.78, 5) is 13.0. The molecule has 0 aromatic heterocycles. The standard InChI is InChI=1S/C23H28O2.C21H24O2.C19H18O3.C2H6S.CH4.BF3/c1-4-5-6-22-21-10-9-20(25-3)12-18(21)15-23(22)13-16-7-8-19(24-2)11-17(16)14-23;1-2-3-4-20-19-8-7-18(23)10-16(19)13-21(20)11-14-5-6-17(22)9-15(14)12-21;1-21-15-4-3-12-9-19(10-13(12)7-15)11-14-8-16(22-2)5-6-17(14)18(19)20;1-3-2;;2-1(3)4/h7-12,22H,4-6,13-15H2,1-3H3;5-10,20,22-23H,2-4,11-13H2,1H3;3-8H,9-11H2,1-2H3;1-2H3;1H4;. The first-order valence-electron chi connectivity index (χ1n) is 27.2. The molecule has 6 aromatic rings. The average molecular weight is 1090 g/mol. The third-order valence-electron chi connectivity index (χ3n) is 17.3. The summed E-state index contributed by atoms with van der Waals surface area (Å²) in [7, 11) is 3.19. The molecule has 0 saturated heterocycles. The van der Waals surface area contributed by atoms with Crippen LogP contribution in [0.2, 0.25) is 0 Å². The maximum atomic E-state index is 13.0. The van der Waals surface area contributed by atoms with Crippen molar-refractivity contribution in [3.05, 3.63) is 176 Å². The summed E-state index contributed by atoms with van der Waals surface area (Å²) in [5.74, 6) is 5.91. The van der Waals surface area contributed by atoms with E-state index in [9.17, 15) is 28.0 Å². The smallest absolute Gasteiger partial charge is 0.508 e. The highest BCUT2D eigenvalue weighted by molar-refractivity contribution is 7.97. The maximum Gasteiger partial charge on any atom is 0.762 e. The fourth-order valence-electron chi connectivity index (χ4n) is 14.0. The van der Waals surface area contributed by atoms with Crippen molar-refractivity contribution >= 4 is 25.1 Å². The van der Waals surface area contributed by atoms with Crippen LogP contribution in [0.4, 0.5) is 12.9 Å². The minimum absolute atomic E-state index is 0. The zero-order chi connectivity index (χ0) is 55.1. The SMILES string of the molecule is C.CCCCC1c2ccc(O)cc2CC12Cc1ccc(O)cc1C2.CCCCC1c2ccc(OC)cc2CC12Cc1ccc(OC)cc1C2.COc1ccc2c(c1)CC1(C2)Cc2cc(OC)ccc2C1=O.CSC.FB(F)F. The number of benzene rings is 6. The van der Waals surface area contributed by atoms with Gasteiger partial charge in [-0.1, -0.05) is 77.3 Å². The summed E-state index contributed by atoms with van der Waals surface area (Å²) < 4.78 is 50.5. The van der Waals surface area contributed by atoms with Crippen molar-refractivity contribution in [2.24, 2.45) is 16.2 Å². The van der Waals surface area contributed by atoms with Gasteiger partial charge in [0.15, 0.2) is 5.78 Å². The second kappa shape index (κ2) is 25.9. The number of hydrogen-bond donors (Lipinski definition) is 2. The number of halogens is 3. The Balaban J connectivity index is 0.000000159. The molecular weight excluding hydrogens is 1000 g/mol. The molecule has 0 bridgehead atoms. The number of rotatable bonds is 10. The second-order valence-corrected chi connectivity index (χ2v) is 23.0. The van der Waals surface area contributed by atoms with Gasteiger partial charge in [-0.3, -0.25) is 17.7 Å². The second-order valence-electron chi connectivity index (χ2n) is 22.2. The molecule has 416 valence electrons. The third-order valence-corrected chi connectivity index (χ3v) is 17.3. The number of ketones is 1. The van der Waals surface area contributed by atoms with Gasteiger partial charge in [-0.2, -0.15) is 11.8 Å². The molecule has 5 unspecified atom stereocenters. The Morgan fingerprint density at radius 2 is 0.808 bits per heavy atom. The van der Waals surface area contributed by atoms with E-state index in [1.165, 1.54) is 108 Å². The number of carbonyl (C=O) groups excluding carboxylic acids is 1. The van der Waals surface area contributed by atoms with E-state index >= 15 is 0 Å². The van der Waals surface area contributed by atoms with Gasteiger partial charge in [0.25, 0.3) is 0 Å². The van der Waals surface area contributed by atoms with Gasteiger partial charge in [0, 0.05) is 11.0 Å². The molecule has 12 heteroatoms. The van der Waals surface area contributed by atoms with Crippen molar-refractivity contribution in [2.75, 3.05) is 41.0 Å². The van der Waals surface area contributed by atoms with E-state index in [0.717, 1.165) is 72.6 Å². The molecule has 6 aromatic carbocycles. The number of thioether (sulfide) groups is 1. The Labute approximate surface area is 466 Å². The molecule has 7 nitrogen and oxygen atoms in total. The van der Waals surface area contributed by atoms with E-state index in [2.05, 4.69) is 74.5 Å². The molecule has 6 aliphatic rings. The Morgan fingerprint density at radius 1 is 0.487 bits per heavy atom. The van der Waals surface area contributed by atoms with Crippen LogP contribution in [0.1, 0.15) is 143 Å². The van der Waals surface area contributed by atoms with Crippen LogP contribution in [-0.4, -0.2) is 64.5 Å². The number of phenolic OH excluding ortho intramolecular Hbond substituents is 2. The maximum absolute atomic E-state index is 13.0. The molecule has 0 radical (unpaired) electrons. The van der Waals surface area contributed by atoms with E-state index in [1.807, 2.05) is 61.0 Å². The molecule has 0 amide bonds. The molecule has 0 fully saturated rings. The lowest BCUT2D eigenvalue weighted by atomic mass is 9.71. The minimum Gasteiger partial charge on any atom is -0.508 e. The highest BCUT2D eigenvalue weighted by atomic mass is 32.2. The first-order valence-corrected chi connectivity index (χ1v) is 28.9. The van der Waals surface area contributed by atoms with Gasteiger partial charge in [-0.25, -0.2) is 0 Å². The van der Waals surface area contributed by atoms with Crippen molar-refractivity contribution in [3.8, 4) is 34.5 Å². The zero-order valence-corrected chi connectivity index (χ0v) is 47.0. The van der Waals surface area contributed by atoms with Crippen molar-refractivity contribution < 1.29 is 46.9 Å². The number of unbranched alkanes of at least 4 members (excludes halogenated alkanes) is 2. The number of hydrogen-bond acceptors (Lipinski definition) is 8. The lowest BCUT2D eigenvalue weighted by Gasteiger charge is -2.32. The number of phenols is 2. The fourth-order valence-corrected chi connectivity index (χ4v) is 14.0. The predicted octanol–water partition coefficient (Wildman–Crippen LogP) is 15.8. The van der Waals surface area contributed by atoms with Crippen molar-refractivity contribution in [2.45, 2.75) is 129 Å². The average Bonchev–Trinajstić information content (AvgIpc) is 4.37. The first-order chi connectivity index (χ1) is 37.1. The van der Waals surface area contributed by atoms with Crippen LogP contribution < -0.4 is 18.9 Å². The lowest BCUT2D eigenvalue weighted by molar-refractivity contribution is 0.0831. The Hall–Kier alpha value is -6.01.